The van der Waals surface area contributed by atoms with Gasteiger partial charge in [-0.3, -0.25) is 9.59 Å². The van der Waals surface area contributed by atoms with Crippen LogP contribution in [0.3, 0.4) is 0 Å². The Morgan fingerprint density at radius 2 is 1.91 bits per heavy atom. The number of carbonyl (C=O) groups excluding carboxylic acids is 2. The number of hydrogen-bond donors (Lipinski definition) is 0. The lowest BCUT2D eigenvalue weighted by molar-refractivity contribution is 0.0686. The number of fused-ring (bicyclic) bond motifs is 1. The van der Waals surface area contributed by atoms with E-state index >= 15 is 0 Å². The molecule has 0 fully saturated rings. The second-order valence-electron chi connectivity index (χ2n) is 5.43. The highest BCUT2D eigenvalue weighted by molar-refractivity contribution is 6.68. The van der Waals surface area contributed by atoms with Gasteiger partial charge in [-0.15, -0.1) is 0 Å². The van der Waals surface area contributed by atoms with E-state index in [0.29, 0.717) is 11.3 Å². The number of ketones is 1. The van der Waals surface area contributed by atoms with Gasteiger partial charge in [0.05, 0.1) is 24.2 Å². The Morgan fingerprint density at radius 3 is 2.52 bits per heavy atom. The molecular formula is C18H15ClO4. The topological polar surface area (TPSA) is 52.6 Å². The molecule has 0 spiro atoms. The minimum atomic E-state index is -0.686. The van der Waals surface area contributed by atoms with E-state index in [4.69, 9.17) is 21.1 Å². The minimum Gasteiger partial charge on any atom is -0.497 e. The van der Waals surface area contributed by atoms with Gasteiger partial charge in [-0.05, 0) is 29.3 Å². The smallest absolute Gasteiger partial charge is 0.256 e. The van der Waals surface area contributed by atoms with Gasteiger partial charge < -0.3 is 9.47 Å². The molecule has 2 aromatic carbocycles. The number of rotatable bonds is 3. The Hall–Kier alpha value is -2.33. The summed E-state index contributed by atoms with van der Waals surface area (Å²) in [4.78, 5) is 24.5. The van der Waals surface area contributed by atoms with Crippen molar-refractivity contribution in [2.45, 2.75) is 13.0 Å². The SMILES string of the molecule is COc1cc(C(=O)Cl)c2c(c1)C(=O)[C@H](C)[C@@H](c1ccccc1)O2. The molecule has 3 rings (SSSR count). The van der Waals surface area contributed by atoms with Gasteiger partial charge >= 0.3 is 0 Å². The lowest BCUT2D eigenvalue weighted by Crippen LogP contribution is -2.30. The number of carbonyl (C=O) groups is 2. The summed E-state index contributed by atoms with van der Waals surface area (Å²) >= 11 is 5.66. The zero-order valence-corrected chi connectivity index (χ0v) is 13.5. The summed E-state index contributed by atoms with van der Waals surface area (Å²) in [5, 5.41) is -0.686. The molecule has 0 bridgehead atoms. The van der Waals surface area contributed by atoms with E-state index < -0.39 is 11.3 Å². The average Bonchev–Trinajstić information content (AvgIpc) is 2.57. The summed E-state index contributed by atoms with van der Waals surface area (Å²) in [5.74, 6) is 0.145. The third kappa shape index (κ3) is 2.70. The van der Waals surface area contributed by atoms with E-state index in [1.807, 2.05) is 37.3 Å². The van der Waals surface area contributed by atoms with Crippen molar-refractivity contribution in [1.82, 2.24) is 0 Å². The maximum Gasteiger partial charge on any atom is 0.256 e. The van der Waals surface area contributed by atoms with Gasteiger partial charge in [-0.2, -0.15) is 0 Å². The molecule has 0 amide bonds. The normalized spacial score (nSPS) is 19.7. The van der Waals surface area contributed by atoms with E-state index in [2.05, 4.69) is 0 Å². The maximum absolute atomic E-state index is 12.8. The molecule has 1 heterocycles. The number of benzene rings is 2. The third-order valence-corrected chi connectivity index (χ3v) is 4.22. The Kier molecular flexibility index (Phi) is 4.09. The van der Waals surface area contributed by atoms with Crippen LogP contribution in [0.2, 0.25) is 0 Å². The second-order valence-corrected chi connectivity index (χ2v) is 5.77. The van der Waals surface area contributed by atoms with Crippen molar-refractivity contribution in [3.63, 3.8) is 0 Å². The summed E-state index contributed by atoms with van der Waals surface area (Å²) in [6, 6.07) is 12.5. The minimum absolute atomic E-state index is 0.0989. The highest BCUT2D eigenvalue weighted by Crippen LogP contribution is 2.42. The predicted octanol–water partition coefficient (Wildman–Crippen LogP) is 4.03. The third-order valence-electron chi connectivity index (χ3n) is 4.02. The van der Waals surface area contributed by atoms with E-state index in [0.717, 1.165) is 5.56 Å². The molecule has 1 aliphatic heterocycles. The molecule has 0 saturated carbocycles. The molecule has 0 N–H and O–H groups in total. The second kappa shape index (κ2) is 6.05. The van der Waals surface area contributed by atoms with Crippen molar-refractivity contribution in [2.24, 2.45) is 5.92 Å². The zero-order valence-electron chi connectivity index (χ0n) is 12.7. The number of halogens is 1. The van der Waals surface area contributed by atoms with Crippen LogP contribution in [0.4, 0.5) is 0 Å². The van der Waals surface area contributed by atoms with Crippen molar-refractivity contribution in [3.8, 4) is 11.5 Å². The van der Waals surface area contributed by atoms with Crippen LogP contribution in [0.1, 0.15) is 39.3 Å². The summed E-state index contributed by atoms with van der Waals surface area (Å²) in [7, 11) is 1.47. The first-order chi connectivity index (χ1) is 11.0. The van der Waals surface area contributed by atoms with Gasteiger partial charge in [0, 0.05) is 0 Å². The molecule has 0 saturated heterocycles. The van der Waals surface area contributed by atoms with E-state index in [-0.39, 0.29) is 23.0 Å². The van der Waals surface area contributed by atoms with Gasteiger partial charge in [0.25, 0.3) is 5.24 Å². The van der Waals surface area contributed by atoms with Crippen molar-refractivity contribution in [3.05, 3.63) is 59.2 Å². The predicted molar refractivity (Wildman–Crippen MR) is 86.5 cm³/mol. The quantitative estimate of drug-likeness (QED) is 0.797. The van der Waals surface area contributed by atoms with Crippen molar-refractivity contribution >= 4 is 22.6 Å². The fourth-order valence-corrected chi connectivity index (χ4v) is 2.93. The number of Topliss-reactive ketones (excluding diaryl/α,β-unsaturated/α-hetero) is 1. The summed E-state index contributed by atoms with van der Waals surface area (Å²) in [6.07, 6.45) is -0.459. The van der Waals surface area contributed by atoms with Gasteiger partial charge in [0.2, 0.25) is 0 Å². The fourth-order valence-electron chi connectivity index (χ4n) is 2.79. The highest BCUT2D eigenvalue weighted by atomic mass is 35.5. The number of hydrogen-bond acceptors (Lipinski definition) is 4. The Bertz CT molecular complexity index is 770. The van der Waals surface area contributed by atoms with Crippen molar-refractivity contribution in [2.75, 3.05) is 7.11 Å². The zero-order chi connectivity index (χ0) is 16.6. The monoisotopic (exact) mass is 330 g/mol. The highest BCUT2D eigenvalue weighted by Gasteiger charge is 2.37. The summed E-state index contributed by atoms with van der Waals surface area (Å²) in [5.41, 5.74) is 1.35. The largest absolute Gasteiger partial charge is 0.497 e. The number of ether oxygens (including phenoxy) is 2. The average molecular weight is 331 g/mol. The first-order valence-corrected chi connectivity index (χ1v) is 7.58. The van der Waals surface area contributed by atoms with Crippen LogP contribution >= 0.6 is 11.6 Å². The molecule has 0 aromatic heterocycles. The molecule has 5 heteroatoms. The molecule has 0 unspecified atom stereocenters. The lowest BCUT2D eigenvalue weighted by atomic mass is 9.86. The summed E-state index contributed by atoms with van der Waals surface area (Å²) < 4.78 is 11.2. The molecule has 2 aromatic rings. The van der Waals surface area contributed by atoms with E-state index in [9.17, 15) is 9.59 Å². The van der Waals surface area contributed by atoms with Crippen molar-refractivity contribution < 1.29 is 19.1 Å². The maximum atomic E-state index is 12.8. The Morgan fingerprint density at radius 1 is 1.22 bits per heavy atom. The molecular weight excluding hydrogens is 316 g/mol. The van der Waals surface area contributed by atoms with Crippen LogP contribution in [0.25, 0.3) is 0 Å². The van der Waals surface area contributed by atoms with E-state index in [1.54, 1.807) is 6.07 Å². The Balaban J connectivity index is 2.15. The van der Waals surface area contributed by atoms with Crippen LogP contribution < -0.4 is 9.47 Å². The first kappa shape index (κ1) is 15.6. The van der Waals surface area contributed by atoms with Gasteiger partial charge in [-0.1, -0.05) is 37.3 Å². The lowest BCUT2D eigenvalue weighted by Gasteiger charge is -2.32. The van der Waals surface area contributed by atoms with Gasteiger partial charge in [0.15, 0.2) is 5.78 Å². The van der Waals surface area contributed by atoms with Crippen LogP contribution in [0.5, 0.6) is 11.5 Å². The molecule has 0 aliphatic carbocycles. The van der Waals surface area contributed by atoms with Crippen molar-refractivity contribution in [1.29, 1.82) is 0 Å². The van der Waals surface area contributed by atoms with Gasteiger partial charge in [-0.25, -0.2) is 0 Å². The molecule has 23 heavy (non-hydrogen) atoms. The van der Waals surface area contributed by atoms with E-state index in [1.165, 1.54) is 13.2 Å². The van der Waals surface area contributed by atoms with Crippen LogP contribution in [0.15, 0.2) is 42.5 Å². The molecule has 2 atom stereocenters. The van der Waals surface area contributed by atoms with Crippen LogP contribution in [0, 0.1) is 5.92 Å². The van der Waals surface area contributed by atoms with Crippen LogP contribution in [-0.4, -0.2) is 18.1 Å². The van der Waals surface area contributed by atoms with Crippen LogP contribution in [-0.2, 0) is 0 Å². The fraction of sp³-hybridized carbons (Fsp3) is 0.222. The standard InChI is InChI=1S/C18H15ClO4/c1-10-15(20)13-8-12(22-2)9-14(18(19)21)17(13)23-16(10)11-6-4-3-5-7-11/h3-10,16H,1-2H3/t10-,16-/m0/s1. The molecule has 4 nitrogen and oxygen atoms in total. The first-order valence-electron chi connectivity index (χ1n) is 7.20. The van der Waals surface area contributed by atoms with Gasteiger partial charge in [0.1, 0.15) is 17.6 Å². The molecule has 1 aliphatic rings. The molecule has 0 radical (unpaired) electrons. The number of methoxy groups -OCH3 is 1. The summed E-state index contributed by atoms with van der Waals surface area (Å²) in [6.45, 7) is 1.81. The Labute approximate surface area is 139 Å². The molecule has 118 valence electrons.